The van der Waals surface area contributed by atoms with E-state index in [-0.39, 0.29) is 23.6 Å². The minimum Gasteiger partial charge on any atom is -0.462 e. The molecule has 0 aromatic rings. The topological polar surface area (TPSA) is 60.4 Å². The van der Waals surface area contributed by atoms with Crippen LogP contribution in [0.3, 0.4) is 0 Å². The fourth-order valence-electron chi connectivity index (χ4n) is 1.22. The van der Waals surface area contributed by atoms with Crippen LogP contribution in [0.15, 0.2) is 0 Å². The Kier molecular flexibility index (Phi) is 2.72. The molecule has 0 aromatic carbocycles. The molecule has 0 radical (unpaired) electrons. The normalized spacial score (nSPS) is 23.4. The van der Waals surface area contributed by atoms with E-state index in [2.05, 4.69) is 0 Å². The van der Waals surface area contributed by atoms with Crippen molar-refractivity contribution in [3.8, 4) is 0 Å². The quantitative estimate of drug-likeness (QED) is 0.554. The van der Waals surface area contributed by atoms with E-state index in [0.29, 0.717) is 12.8 Å². The van der Waals surface area contributed by atoms with Crippen LogP contribution in [-0.4, -0.2) is 32.0 Å². The van der Waals surface area contributed by atoms with Gasteiger partial charge >= 0.3 is 5.97 Å². The number of hydrogen-bond acceptors (Lipinski definition) is 4. The van der Waals surface area contributed by atoms with Crippen LogP contribution in [0, 0.1) is 0 Å². The van der Waals surface area contributed by atoms with Crippen LogP contribution < -0.4 is 0 Å². The van der Waals surface area contributed by atoms with Crippen LogP contribution in [0.25, 0.3) is 0 Å². The van der Waals surface area contributed by atoms with Gasteiger partial charge in [-0.05, 0) is 12.8 Å². The molecule has 0 unspecified atom stereocenters. The predicted octanol–water partition coefficient (Wildman–Crippen LogP) is 0.127. The van der Waals surface area contributed by atoms with E-state index in [9.17, 15) is 13.2 Å². The molecule has 0 aromatic heterocycles. The van der Waals surface area contributed by atoms with Gasteiger partial charge in [0.1, 0.15) is 6.10 Å². The van der Waals surface area contributed by atoms with Crippen LogP contribution in [0.1, 0.15) is 19.8 Å². The first-order chi connectivity index (χ1) is 5.49. The zero-order valence-electron chi connectivity index (χ0n) is 6.95. The lowest BCUT2D eigenvalue weighted by Crippen LogP contribution is -2.29. The number of sulfone groups is 1. The monoisotopic (exact) mass is 192 g/mol. The number of hydrogen-bond donors (Lipinski definition) is 0. The molecule has 1 saturated heterocycles. The molecule has 0 amide bonds. The van der Waals surface area contributed by atoms with Gasteiger partial charge in [0.15, 0.2) is 9.84 Å². The molecule has 0 aliphatic carbocycles. The van der Waals surface area contributed by atoms with Gasteiger partial charge < -0.3 is 4.74 Å². The van der Waals surface area contributed by atoms with Crippen molar-refractivity contribution in [2.45, 2.75) is 25.9 Å². The third kappa shape index (κ3) is 2.81. The van der Waals surface area contributed by atoms with Gasteiger partial charge in [-0.3, -0.25) is 4.79 Å². The lowest BCUT2D eigenvalue weighted by molar-refractivity contribution is -0.146. The zero-order valence-corrected chi connectivity index (χ0v) is 7.76. The average molecular weight is 192 g/mol. The molecule has 12 heavy (non-hydrogen) atoms. The van der Waals surface area contributed by atoms with Crippen LogP contribution in [0.5, 0.6) is 0 Å². The van der Waals surface area contributed by atoms with Gasteiger partial charge in [-0.1, -0.05) is 0 Å². The number of carbonyl (C=O) groups is 1. The summed E-state index contributed by atoms with van der Waals surface area (Å²) >= 11 is 0. The average Bonchev–Trinajstić information content (AvgIpc) is 1.93. The molecule has 0 saturated carbocycles. The molecule has 1 heterocycles. The van der Waals surface area contributed by atoms with E-state index in [0.717, 1.165) is 0 Å². The van der Waals surface area contributed by atoms with Crippen LogP contribution in [0.2, 0.25) is 0 Å². The second-order valence-corrected chi connectivity index (χ2v) is 5.26. The van der Waals surface area contributed by atoms with Crippen LogP contribution >= 0.6 is 0 Å². The Hall–Kier alpha value is -0.580. The molecule has 0 N–H and O–H groups in total. The summed E-state index contributed by atoms with van der Waals surface area (Å²) in [7, 11) is -2.84. The third-order valence-corrected chi connectivity index (χ3v) is 3.55. The Balaban J connectivity index is 2.41. The van der Waals surface area contributed by atoms with E-state index in [4.69, 9.17) is 4.74 Å². The second-order valence-electron chi connectivity index (χ2n) is 2.96. The number of esters is 1. The molecular formula is C7H12O4S. The maximum absolute atomic E-state index is 10.9. The lowest BCUT2D eigenvalue weighted by Gasteiger charge is -2.21. The van der Waals surface area contributed by atoms with E-state index < -0.39 is 9.84 Å². The Bertz CT molecular complexity index is 253. The Morgan fingerprint density at radius 2 is 1.83 bits per heavy atom. The van der Waals surface area contributed by atoms with Crippen molar-refractivity contribution in [2.75, 3.05) is 11.5 Å². The van der Waals surface area contributed by atoms with Gasteiger partial charge in [-0.2, -0.15) is 0 Å². The Labute approximate surface area is 71.8 Å². The molecule has 0 spiro atoms. The largest absolute Gasteiger partial charge is 0.462 e. The van der Waals surface area contributed by atoms with Gasteiger partial charge in [0.2, 0.25) is 0 Å². The molecule has 1 rings (SSSR count). The zero-order chi connectivity index (χ0) is 9.19. The van der Waals surface area contributed by atoms with Gasteiger partial charge in [0.25, 0.3) is 0 Å². The molecular weight excluding hydrogens is 180 g/mol. The van der Waals surface area contributed by atoms with Crippen molar-refractivity contribution < 1.29 is 17.9 Å². The summed E-state index contributed by atoms with van der Waals surface area (Å²) in [5.74, 6) is -0.0464. The summed E-state index contributed by atoms with van der Waals surface area (Å²) in [6.07, 6.45) is 0.704. The molecule has 1 aliphatic heterocycles. The van der Waals surface area contributed by atoms with Crippen molar-refractivity contribution >= 4 is 15.8 Å². The standard InChI is InChI=1S/C7H12O4S/c1-6(8)11-7-2-4-12(9,10)5-3-7/h7H,2-5H2,1H3. The summed E-state index contributed by atoms with van der Waals surface area (Å²) in [6.45, 7) is 1.34. The molecule has 70 valence electrons. The number of rotatable bonds is 1. The third-order valence-electron chi connectivity index (χ3n) is 1.83. The Morgan fingerprint density at radius 1 is 1.33 bits per heavy atom. The molecule has 1 aliphatic rings. The highest BCUT2D eigenvalue weighted by atomic mass is 32.2. The fourth-order valence-corrected chi connectivity index (χ4v) is 2.67. The molecule has 0 atom stereocenters. The van der Waals surface area contributed by atoms with Crippen molar-refractivity contribution in [2.24, 2.45) is 0 Å². The first-order valence-electron chi connectivity index (χ1n) is 3.87. The predicted molar refractivity (Wildman–Crippen MR) is 43.4 cm³/mol. The SMILES string of the molecule is CC(=O)OC1CCS(=O)(=O)CC1. The van der Waals surface area contributed by atoms with Crippen molar-refractivity contribution in [3.63, 3.8) is 0 Å². The molecule has 1 fully saturated rings. The van der Waals surface area contributed by atoms with Gasteiger partial charge in [0, 0.05) is 6.92 Å². The fraction of sp³-hybridized carbons (Fsp3) is 0.857. The number of carbonyl (C=O) groups excluding carboxylic acids is 1. The second kappa shape index (κ2) is 3.43. The first kappa shape index (κ1) is 9.51. The molecule has 0 bridgehead atoms. The van der Waals surface area contributed by atoms with Crippen molar-refractivity contribution in [1.29, 1.82) is 0 Å². The Morgan fingerprint density at radius 3 is 2.25 bits per heavy atom. The highest BCUT2D eigenvalue weighted by Crippen LogP contribution is 2.15. The minimum absolute atomic E-state index is 0.144. The van der Waals surface area contributed by atoms with Gasteiger partial charge in [-0.15, -0.1) is 0 Å². The van der Waals surface area contributed by atoms with Gasteiger partial charge in [0.05, 0.1) is 11.5 Å². The van der Waals surface area contributed by atoms with E-state index in [1.54, 1.807) is 0 Å². The van der Waals surface area contributed by atoms with Crippen LogP contribution in [-0.2, 0) is 19.4 Å². The summed E-state index contributed by atoms with van der Waals surface area (Å²) in [6, 6.07) is 0. The summed E-state index contributed by atoms with van der Waals surface area (Å²) in [5, 5.41) is 0. The van der Waals surface area contributed by atoms with E-state index >= 15 is 0 Å². The smallest absolute Gasteiger partial charge is 0.302 e. The summed E-state index contributed by atoms with van der Waals surface area (Å²) in [5.41, 5.74) is 0. The highest BCUT2D eigenvalue weighted by molar-refractivity contribution is 7.91. The van der Waals surface area contributed by atoms with E-state index in [1.807, 2.05) is 0 Å². The van der Waals surface area contributed by atoms with Gasteiger partial charge in [-0.25, -0.2) is 8.42 Å². The maximum Gasteiger partial charge on any atom is 0.302 e. The maximum atomic E-state index is 10.9. The first-order valence-corrected chi connectivity index (χ1v) is 5.69. The summed E-state index contributed by atoms with van der Waals surface area (Å²) in [4.78, 5) is 10.5. The van der Waals surface area contributed by atoms with Crippen molar-refractivity contribution in [3.05, 3.63) is 0 Å². The molecule has 4 nitrogen and oxygen atoms in total. The minimum atomic E-state index is -2.84. The highest BCUT2D eigenvalue weighted by Gasteiger charge is 2.25. The van der Waals surface area contributed by atoms with Crippen molar-refractivity contribution in [1.82, 2.24) is 0 Å². The van der Waals surface area contributed by atoms with E-state index in [1.165, 1.54) is 6.92 Å². The lowest BCUT2D eigenvalue weighted by atomic mass is 10.2. The summed E-state index contributed by atoms with van der Waals surface area (Å²) < 4.78 is 26.8. The van der Waals surface area contributed by atoms with Crippen LogP contribution in [0.4, 0.5) is 0 Å². The molecule has 5 heteroatoms. The number of ether oxygens (including phenoxy) is 1.